The van der Waals surface area contributed by atoms with Gasteiger partial charge in [-0.2, -0.15) is 4.98 Å². The topological polar surface area (TPSA) is 59.1 Å². The van der Waals surface area contributed by atoms with Crippen molar-refractivity contribution in [3.8, 4) is 0 Å². The van der Waals surface area contributed by atoms with Gasteiger partial charge in [-0.05, 0) is 18.9 Å². The molecule has 0 spiro atoms. The lowest BCUT2D eigenvalue weighted by molar-refractivity contribution is 0.198. The van der Waals surface area contributed by atoms with Crippen molar-refractivity contribution < 1.29 is 4.74 Å². The SMILES string of the molecule is CCCCCNc1nccc(NCCCOC)n1. The molecule has 18 heavy (non-hydrogen) atoms. The zero-order valence-electron chi connectivity index (χ0n) is 11.4. The molecular weight excluding hydrogens is 228 g/mol. The third-order valence-corrected chi connectivity index (χ3v) is 2.55. The molecule has 0 fully saturated rings. The van der Waals surface area contributed by atoms with Crippen molar-refractivity contribution in [1.82, 2.24) is 9.97 Å². The number of ether oxygens (including phenoxy) is 1. The molecule has 0 amide bonds. The molecule has 0 aliphatic carbocycles. The molecule has 0 aromatic carbocycles. The molecule has 0 saturated heterocycles. The van der Waals surface area contributed by atoms with Gasteiger partial charge in [-0.15, -0.1) is 0 Å². The molecule has 1 aromatic heterocycles. The molecule has 5 heteroatoms. The van der Waals surface area contributed by atoms with Crippen LogP contribution in [0.5, 0.6) is 0 Å². The van der Waals surface area contributed by atoms with Crippen LogP contribution < -0.4 is 10.6 Å². The molecule has 1 aromatic rings. The van der Waals surface area contributed by atoms with Gasteiger partial charge in [-0.3, -0.25) is 0 Å². The summed E-state index contributed by atoms with van der Waals surface area (Å²) in [4.78, 5) is 8.59. The summed E-state index contributed by atoms with van der Waals surface area (Å²) in [5.41, 5.74) is 0. The number of anilines is 2. The van der Waals surface area contributed by atoms with E-state index in [1.165, 1.54) is 12.8 Å². The van der Waals surface area contributed by atoms with E-state index in [2.05, 4.69) is 27.5 Å². The second-order valence-corrected chi connectivity index (χ2v) is 4.17. The van der Waals surface area contributed by atoms with Crippen LogP contribution >= 0.6 is 0 Å². The van der Waals surface area contributed by atoms with Crippen LogP contribution in [0.25, 0.3) is 0 Å². The van der Waals surface area contributed by atoms with Crippen molar-refractivity contribution in [3.05, 3.63) is 12.3 Å². The summed E-state index contributed by atoms with van der Waals surface area (Å²) in [6, 6.07) is 1.88. The standard InChI is InChI=1S/C13H24N4O/c1-3-4-5-8-15-13-16-10-7-12(17-13)14-9-6-11-18-2/h7,10H,3-6,8-9,11H2,1-2H3,(H2,14,15,16,17). The van der Waals surface area contributed by atoms with Crippen LogP contribution in [-0.4, -0.2) is 36.8 Å². The van der Waals surface area contributed by atoms with E-state index in [1.54, 1.807) is 13.3 Å². The largest absolute Gasteiger partial charge is 0.385 e. The summed E-state index contributed by atoms with van der Waals surface area (Å²) < 4.78 is 4.99. The monoisotopic (exact) mass is 252 g/mol. The molecule has 1 rings (SSSR count). The van der Waals surface area contributed by atoms with Gasteiger partial charge in [0, 0.05) is 33.0 Å². The van der Waals surface area contributed by atoms with Gasteiger partial charge in [0.15, 0.2) is 0 Å². The highest BCUT2D eigenvalue weighted by molar-refractivity contribution is 5.39. The summed E-state index contributed by atoms with van der Waals surface area (Å²) in [7, 11) is 1.71. The Morgan fingerprint density at radius 1 is 1.17 bits per heavy atom. The molecule has 2 N–H and O–H groups in total. The fourth-order valence-corrected chi connectivity index (χ4v) is 1.55. The van der Waals surface area contributed by atoms with E-state index in [1.807, 2.05) is 6.07 Å². The average molecular weight is 252 g/mol. The highest BCUT2D eigenvalue weighted by Crippen LogP contribution is 2.06. The minimum atomic E-state index is 0.697. The number of nitrogens with one attached hydrogen (secondary N) is 2. The average Bonchev–Trinajstić information content (AvgIpc) is 2.40. The quantitative estimate of drug-likeness (QED) is 0.627. The zero-order chi connectivity index (χ0) is 13.1. The first-order chi connectivity index (χ1) is 8.86. The summed E-state index contributed by atoms with van der Waals surface area (Å²) in [5, 5.41) is 6.48. The Morgan fingerprint density at radius 2 is 2.00 bits per heavy atom. The van der Waals surface area contributed by atoms with Gasteiger partial charge in [0.2, 0.25) is 5.95 Å². The van der Waals surface area contributed by atoms with Gasteiger partial charge in [0.05, 0.1) is 0 Å². The van der Waals surface area contributed by atoms with E-state index in [4.69, 9.17) is 4.74 Å². The molecule has 0 unspecified atom stereocenters. The van der Waals surface area contributed by atoms with Gasteiger partial charge in [0.25, 0.3) is 0 Å². The van der Waals surface area contributed by atoms with Crippen LogP contribution in [0, 0.1) is 0 Å². The molecular formula is C13H24N4O. The number of unbranched alkanes of at least 4 members (excludes halogenated alkanes) is 2. The predicted octanol–water partition coefficient (Wildman–Crippen LogP) is 2.53. The van der Waals surface area contributed by atoms with Crippen molar-refractivity contribution in [3.63, 3.8) is 0 Å². The summed E-state index contributed by atoms with van der Waals surface area (Å²) in [6.45, 7) is 4.75. The Bertz CT molecular complexity index is 292. The van der Waals surface area contributed by atoms with Crippen LogP contribution in [0.1, 0.15) is 32.6 Å². The normalized spacial score (nSPS) is 10.3. The first-order valence-corrected chi connectivity index (χ1v) is 6.66. The Morgan fingerprint density at radius 3 is 2.78 bits per heavy atom. The highest BCUT2D eigenvalue weighted by Gasteiger charge is 1.98. The van der Waals surface area contributed by atoms with Crippen molar-refractivity contribution >= 4 is 11.8 Å². The van der Waals surface area contributed by atoms with Crippen molar-refractivity contribution in [2.75, 3.05) is 37.4 Å². The van der Waals surface area contributed by atoms with Crippen molar-refractivity contribution in [2.45, 2.75) is 32.6 Å². The molecule has 1 heterocycles. The van der Waals surface area contributed by atoms with Crippen LogP contribution in [0.2, 0.25) is 0 Å². The Labute approximate surface area is 109 Å². The molecule has 5 nitrogen and oxygen atoms in total. The lowest BCUT2D eigenvalue weighted by Gasteiger charge is -2.07. The lowest BCUT2D eigenvalue weighted by Crippen LogP contribution is -2.09. The third-order valence-electron chi connectivity index (χ3n) is 2.55. The Kier molecular flexibility index (Phi) is 7.88. The maximum absolute atomic E-state index is 4.99. The van der Waals surface area contributed by atoms with Crippen LogP contribution in [-0.2, 0) is 4.74 Å². The van der Waals surface area contributed by atoms with Gasteiger partial charge in [-0.25, -0.2) is 4.98 Å². The molecule has 0 aliphatic rings. The van der Waals surface area contributed by atoms with E-state index >= 15 is 0 Å². The van der Waals surface area contributed by atoms with E-state index < -0.39 is 0 Å². The second kappa shape index (κ2) is 9.65. The fraction of sp³-hybridized carbons (Fsp3) is 0.692. The summed E-state index contributed by atoms with van der Waals surface area (Å²) in [6.07, 6.45) is 6.37. The van der Waals surface area contributed by atoms with Crippen LogP contribution in [0.15, 0.2) is 12.3 Å². The van der Waals surface area contributed by atoms with E-state index in [-0.39, 0.29) is 0 Å². The minimum Gasteiger partial charge on any atom is -0.385 e. The minimum absolute atomic E-state index is 0.697. The Balaban J connectivity index is 2.27. The van der Waals surface area contributed by atoms with Crippen molar-refractivity contribution in [2.24, 2.45) is 0 Å². The molecule has 102 valence electrons. The van der Waals surface area contributed by atoms with Crippen molar-refractivity contribution in [1.29, 1.82) is 0 Å². The van der Waals surface area contributed by atoms with Gasteiger partial charge < -0.3 is 15.4 Å². The molecule has 0 aliphatic heterocycles. The Hall–Kier alpha value is -1.36. The summed E-state index contributed by atoms with van der Waals surface area (Å²) in [5.74, 6) is 1.56. The summed E-state index contributed by atoms with van der Waals surface area (Å²) >= 11 is 0. The zero-order valence-corrected chi connectivity index (χ0v) is 11.4. The van der Waals surface area contributed by atoms with E-state index in [0.29, 0.717) is 5.95 Å². The smallest absolute Gasteiger partial charge is 0.224 e. The number of rotatable bonds is 10. The number of nitrogens with zero attached hydrogens (tertiary/aromatic N) is 2. The number of methoxy groups -OCH3 is 1. The number of hydrogen-bond donors (Lipinski definition) is 2. The van der Waals surface area contributed by atoms with Gasteiger partial charge >= 0.3 is 0 Å². The predicted molar refractivity (Wildman–Crippen MR) is 75.0 cm³/mol. The van der Waals surface area contributed by atoms with E-state index in [9.17, 15) is 0 Å². The molecule has 0 bridgehead atoms. The van der Waals surface area contributed by atoms with Gasteiger partial charge in [0.1, 0.15) is 5.82 Å². The first-order valence-electron chi connectivity index (χ1n) is 6.66. The maximum Gasteiger partial charge on any atom is 0.224 e. The molecule has 0 atom stereocenters. The number of aromatic nitrogens is 2. The lowest BCUT2D eigenvalue weighted by atomic mass is 10.2. The maximum atomic E-state index is 4.99. The third kappa shape index (κ3) is 6.39. The fourth-order valence-electron chi connectivity index (χ4n) is 1.55. The molecule has 0 saturated carbocycles. The highest BCUT2D eigenvalue weighted by atomic mass is 16.5. The van der Waals surface area contributed by atoms with E-state index in [0.717, 1.165) is 38.4 Å². The molecule has 0 radical (unpaired) electrons. The second-order valence-electron chi connectivity index (χ2n) is 4.17. The van der Waals surface area contributed by atoms with Crippen LogP contribution in [0.4, 0.5) is 11.8 Å². The van der Waals surface area contributed by atoms with Gasteiger partial charge in [-0.1, -0.05) is 19.8 Å². The first kappa shape index (κ1) is 14.7. The number of hydrogen-bond acceptors (Lipinski definition) is 5. The van der Waals surface area contributed by atoms with Crippen LogP contribution in [0.3, 0.4) is 0 Å².